The fraction of sp³-hybridized carbons (Fsp3) is 0.533. The van der Waals surface area contributed by atoms with Gasteiger partial charge < -0.3 is 10.2 Å². The van der Waals surface area contributed by atoms with E-state index in [2.05, 4.69) is 25.4 Å². The van der Waals surface area contributed by atoms with Gasteiger partial charge in [-0.05, 0) is 26.7 Å². The van der Waals surface area contributed by atoms with Gasteiger partial charge in [0.05, 0.1) is 24.1 Å². The number of aromatic nitrogens is 5. The topological polar surface area (TPSA) is 88.8 Å². The van der Waals surface area contributed by atoms with Crippen molar-refractivity contribution in [3.05, 3.63) is 30.7 Å². The summed E-state index contributed by atoms with van der Waals surface area (Å²) in [6.45, 7) is 4.43. The van der Waals surface area contributed by atoms with Gasteiger partial charge in [-0.15, -0.1) is 0 Å². The Bertz CT molecular complexity index is 683. The zero-order valence-corrected chi connectivity index (χ0v) is 13.6. The second kappa shape index (κ2) is 5.94. The normalized spacial score (nSPS) is 18.2. The molecule has 8 nitrogen and oxygen atoms in total. The smallest absolute Gasteiger partial charge is 0.250 e. The molecule has 0 radical (unpaired) electrons. The van der Waals surface area contributed by atoms with Gasteiger partial charge in [-0.2, -0.15) is 5.10 Å². The molecule has 23 heavy (non-hydrogen) atoms. The van der Waals surface area contributed by atoms with Gasteiger partial charge in [0.1, 0.15) is 24.0 Å². The lowest BCUT2D eigenvalue weighted by Crippen LogP contribution is -2.47. The monoisotopic (exact) mass is 315 g/mol. The molecule has 1 amide bonds. The van der Waals surface area contributed by atoms with E-state index in [1.165, 1.54) is 6.33 Å². The Labute approximate surface area is 135 Å². The number of amides is 1. The average Bonchev–Trinajstić information content (AvgIpc) is 3.25. The van der Waals surface area contributed by atoms with Crippen LogP contribution in [0.25, 0.3) is 0 Å². The first-order chi connectivity index (χ1) is 11.0. The number of carbonyl (C=O) groups excluding carboxylic acids is 1. The second-order valence-electron chi connectivity index (χ2n) is 6.13. The van der Waals surface area contributed by atoms with E-state index in [1.54, 1.807) is 30.5 Å². The molecule has 8 heteroatoms. The van der Waals surface area contributed by atoms with Crippen LogP contribution in [0.1, 0.15) is 38.4 Å². The first kappa shape index (κ1) is 15.4. The van der Waals surface area contributed by atoms with Crippen molar-refractivity contribution in [3.8, 4) is 0 Å². The molecule has 1 fully saturated rings. The van der Waals surface area contributed by atoms with Crippen LogP contribution in [-0.4, -0.2) is 49.1 Å². The van der Waals surface area contributed by atoms with Crippen LogP contribution in [0, 0.1) is 0 Å². The summed E-state index contributed by atoms with van der Waals surface area (Å²) in [6, 6.07) is -0.0499. The summed E-state index contributed by atoms with van der Waals surface area (Å²) in [7, 11) is 1.80. The van der Waals surface area contributed by atoms with Gasteiger partial charge >= 0.3 is 0 Å². The Morgan fingerprint density at radius 3 is 2.87 bits per heavy atom. The van der Waals surface area contributed by atoms with E-state index in [-0.39, 0.29) is 11.9 Å². The molecular weight excluding hydrogens is 294 g/mol. The summed E-state index contributed by atoms with van der Waals surface area (Å²) >= 11 is 0. The highest BCUT2D eigenvalue weighted by Crippen LogP contribution is 2.34. The van der Waals surface area contributed by atoms with Crippen LogP contribution in [0.2, 0.25) is 0 Å². The molecule has 1 atom stereocenters. The highest BCUT2D eigenvalue weighted by molar-refractivity contribution is 5.84. The van der Waals surface area contributed by atoms with Gasteiger partial charge in [-0.1, -0.05) is 0 Å². The molecule has 3 rings (SSSR count). The average molecular weight is 315 g/mol. The van der Waals surface area contributed by atoms with Crippen LogP contribution in [0.4, 0.5) is 5.82 Å². The third kappa shape index (κ3) is 2.76. The first-order valence-corrected chi connectivity index (χ1v) is 7.70. The SMILES string of the molecule is CNc1cncc([C@H]2CCCN2C(=O)C(C)(C)n2cncn2)n1. The summed E-state index contributed by atoms with van der Waals surface area (Å²) < 4.78 is 1.60. The van der Waals surface area contributed by atoms with Crippen LogP contribution in [0.15, 0.2) is 25.0 Å². The molecule has 1 aliphatic rings. The predicted molar refractivity (Wildman–Crippen MR) is 84.6 cm³/mol. The number of nitrogens with zero attached hydrogens (tertiary/aromatic N) is 6. The lowest BCUT2D eigenvalue weighted by atomic mass is 10.0. The molecule has 0 aromatic carbocycles. The van der Waals surface area contributed by atoms with Gasteiger partial charge in [-0.3, -0.25) is 9.78 Å². The van der Waals surface area contributed by atoms with Gasteiger partial charge in [0, 0.05) is 13.6 Å². The van der Waals surface area contributed by atoms with Gasteiger partial charge in [-0.25, -0.2) is 14.6 Å². The molecule has 0 unspecified atom stereocenters. The minimum Gasteiger partial charge on any atom is -0.372 e. The van der Waals surface area contributed by atoms with Crippen molar-refractivity contribution in [2.75, 3.05) is 18.9 Å². The zero-order valence-electron chi connectivity index (χ0n) is 13.6. The minimum absolute atomic E-state index is 0.0159. The number of carbonyl (C=O) groups is 1. The van der Waals surface area contributed by atoms with Crippen molar-refractivity contribution >= 4 is 11.7 Å². The maximum atomic E-state index is 13.1. The molecule has 0 saturated carbocycles. The summed E-state index contributed by atoms with van der Waals surface area (Å²) in [4.78, 5) is 27.7. The van der Waals surface area contributed by atoms with Gasteiger partial charge in [0.2, 0.25) is 0 Å². The van der Waals surface area contributed by atoms with Crippen molar-refractivity contribution in [2.24, 2.45) is 0 Å². The van der Waals surface area contributed by atoms with E-state index in [0.717, 1.165) is 18.5 Å². The highest BCUT2D eigenvalue weighted by Gasteiger charge is 2.40. The molecule has 2 aromatic heterocycles. The Morgan fingerprint density at radius 2 is 2.17 bits per heavy atom. The third-order valence-electron chi connectivity index (χ3n) is 4.28. The first-order valence-electron chi connectivity index (χ1n) is 7.70. The van der Waals surface area contributed by atoms with Crippen LogP contribution >= 0.6 is 0 Å². The van der Waals surface area contributed by atoms with Gasteiger partial charge in [0.15, 0.2) is 0 Å². The molecule has 0 aliphatic carbocycles. The minimum atomic E-state index is -0.785. The van der Waals surface area contributed by atoms with E-state index in [0.29, 0.717) is 12.4 Å². The van der Waals surface area contributed by atoms with Crippen LogP contribution in [0.3, 0.4) is 0 Å². The van der Waals surface area contributed by atoms with Crippen molar-refractivity contribution in [1.29, 1.82) is 0 Å². The fourth-order valence-electron chi connectivity index (χ4n) is 2.93. The van der Waals surface area contributed by atoms with Crippen LogP contribution in [0.5, 0.6) is 0 Å². The molecule has 2 aromatic rings. The number of likely N-dealkylation sites (tertiary alicyclic amines) is 1. The van der Waals surface area contributed by atoms with Crippen molar-refractivity contribution in [2.45, 2.75) is 38.3 Å². The second-order valence-corrected chi connectivity index (χ2v) is 6.13. The Hall–Kier alpha value is -2.51. The van der Waals surface area contributed by atoms with Crippen molar-refractivity contribution in [3.63, 3.8) is 0 Å². The van der Waals surface area contributed by atoms with E-state index in [1.807, 2.05) is 18.7 Å². The van der Waals surface area contributed by atoms with Crippen molar-refractivity contribution < 1.29 is 4.79 Å². The summed E-state index contributed by atoms with van der Waals surface area (Å²) in [6.07, 6.45) is 8.27. The molecule has 3 heterocycles. The predicted octanol–water partition coefficient (Wildman–Crippen LogP) is 1.21. The standard InChI is InChI=1S/C15H21N7O/c1-15(2,22-10-18-9-19-22)14(23)21-6-4-5-12(21)11-7-17-8-13(16-3)20-11/h7-10,12H,4-6H2,1-3H3,(H,16,20)/t12-/m1/s1. The number of anilines is 1. The quantitative estimate of drug-likeness (QED) is 0.912. The molecule has 1 N–H and O–H groups in total. The molecule has 122 valence electrons. The van der Waals surface area contributed by atoms with E-state index < -0.39 is 5.54 Å². The summed E-state index contributed by atoms with van der Waals surface area (Å²) in [5.74, 6) is 0.722. The molecular formula is C15H21N7O. The Morgan fingerprint density at radius 1 is 1.35 bits per heavy atom. The van der Waals surface area contributed by atoms with Crippen LogP contribution < -0.4 is 5.32 Å². The maximum absolute atomic E-state index is 13.1. The van der Waals surface area contributed by atoms with E-state index in [4.69, 9.17) is 0 Å². The molecule has 0 bridgehead atoms. The van der Waals surface area contributed by atoms with Crippen LogP contribution in [-0.2, 0) is 10.3 Å². The number of hydrogen-bond acceptors (Lipinski definition) is 6. The number of rotatable bonds is 4. The van der Waals surface area contributed by atoms with E-state index >= 15 is 0 Å². The lowest BCUT2D eigenvalue weighted by Gasteiger charge is -2.32. The third-order valence-corrected chi connectivity index (χ3v) is 4.28. The van der Waals surface area contributed by atoms with Gasteiger partial charge in [0.25, 0.3) is 5.91 Å². The number of hydrogen-bond donors (Lipinski definition) is 1. The van der Waals surface area contributed by atoms with Crippen molar-refractivity contribution in [1.82, 2.24) is 29.6 Å². The molecule has 1 aliphatic heterocycles. The lowest BCUT2D eigenvalue weighted by molar-refractivity contribution is -0.140. The Balaban J connectivity index is 1.88. The highest BCUT2D eigenvalue weighted by atomic mass is 16.2. The summed E-state index contributed by atoms with van der Waals surface area (Å²) in [5.41, 5.74) is 0.0322. The largest absolute Gasteiger partial charge is 0.372 e. The molecule has 0 spiro atoms. The fourth-order valence-corrected chi connectivity index (χ4v) is 2.93. The zero-order chi connectivity index (χ0) is 16.4. The number of nitrogens with one attached hydrogen (secondary N) is 1. The maximum Gasteiger partial charge on any atom is 0.250 e. The summed E-state index contributed by atoms with van der Waals surface area (Å²) in [5, 5.41) is 7.11. The van der Waals surface area contributed by atoms with E-state index in [9.17, 15) is 4.79 Å². The molecule has 1 saturated heterocycles. The Kier molecular flexibility index (Phi) is 3.97.